The van der Waals surface area contributed by atoms with Crippen molar-refractivity contribution in [3.8, 4) is 0 Å². The normalized spacial score (nSPS) is 22.9. The molecule has 0 radical (unpaired) electrons. The van der Waals surface area contributed by atoms with Gasteiger partial charge < -0.3 is 15.0 Å². The lowest BCUT2D eigenvalue weighted by Crippen LogP contribution is -2.44. The highest BCUT2D eigenvalue weighted by Gasteiger charge is 2.17. The number of hydrogen-bond acceptors (Lipinski definition) is 3. The first-order valence-electron chi connectivity index (χ1n) is 6.69. The largest absolute Gasteiger partial charge is 0.381 e. The van der Waals surface area contributed by atoms with Crippen LogP contribution in [0, 0.1) is 5.92 Å². The Morgan fingerprint density at radius 1 is 1.44 bits per heavy atom. The molecular weight excluding hydrogens is 200 g/mol. The SMILES string of the molecule is CNC1CCCN(CCCOCC(C)C)C1. The van der Waals surface area contributed by atoms with Gasteiger partial charge in [-0.1, -0.05) is 13.8 Å². The van der Waals surface area contributed by atoms with E-state index in [0.29, 0.717) is 12.0 Å². The minimum absolute atomic E-state index is 0.656. The van der Waals surface area contributed by atoms with Crippen molar-refractivity contribution >= 4 is 0 Å². The van der Waals surface area contributed by atoms with Crippen LogP contribution in [0.5, 0.6) is 0 Å². The Hall–Kier alpha value is -0.120. The zero-order chi connectivity index (χ0) is 11.8. The molecule has 1 rings (SSSR count). The summed E-state index contributed by atoms with van der Waals surface area (Å²) >= 11 is 0. The molecule has 1 unspecified atom stereocenters. The predicted octanol–water partition coefficient (Wildman–Crippen LogP) is 1.73. The fourth-order valence-corrected chi connectivity index (χ4v) is 2.20. The summed E-state index contributed by atoms with van der Waals surface area (Å²) in [6, 6.07) is 0.699. The molecule has 1 fully saturated rings. The van der Waals surface area contributed by atoms with Gasteiger partial charge in [-0.05, 0) is 38.8 Å². The zero-order valence-electron chi connectivity index (χ0n) is 11.2. The number of rotatable bonds is 7. The molecule has 1 heterocycles. The molecule has 0 spiro atoms. The van der Waals surface area contributed by atoms with Gasteiger partial charge in [0.25, 0.3) is 0 Å². The van der Waals surface area contributed by atoms with Gasteiger partial charge in [-0.2, -0.15) is 0 Å². The quantitative estimate of drug-likeness (QED) is 0.672. The highest BCUT2D eigenvalue weighted by Crippen LogP contribution is 2.09. The van der Waals surface area contributed by atoms with Crippen LogP contribution in [-0.2, 0) is 4.74 Å². The summed E-state index contributed by atoms with van der Waals surface area (Å²) in [5, 5.41) is 3.38. The smallest absolute Gasteiger partial charge is 0.0489 e. The molecule has 0 aromatic rings. The number of nitrogens with zero attached hydrogens (tertiary/aromatic N) is 1. The van der Waals surface area contributed by atoms with Crippen LogP contribution in [0.15, 0.2) is 0 Å². The van der Waals surface area contributed by atoms with Gasteiger partial charge in [-0.15, -0.1) is 0 Å². The maximum absolute atomic E-state index is 5.60. The van der Waals surface area contributed by atoms with Crippen molar-refractivity contribution in [2.45, 2.75) is 39.2 Å². The van der Waals surface area contributed by atoms with Crippen LogP contribution >= 0.6 is 0 Å². The van der Waals surface area contributed by atoms with Gasteiger partial charge >= 0.3 is 0 Å². The van der Waals surface area contributed by atoms with Crippen LogP contribution in [0.4, 0.5) is 0 Å². The van der Waals surface area contributed by atoms with Crippen LogP contribution in [0.25, 0.3) is 0 Å². The summed E-state index contributed by atoms with van der Waals surface area (Å²) in [6.45, 7) is 9.88. The van der Waals surface area contributed by atoms with Gasteiger partial charge in [-0.3, -0.25) is 0 Å². The van der Waals surface area contributed by atoms with E-state index in [0.717, 1.165) is 13.2 Å². The first-order chi connectivity index (χ1) is 7.72. The number of ether oxygens (including phenoxy) is 1. The van der Waals surface area contributed by atoms with Crippen LogP contribution in [0.1, 0.15) is 33.1 Å². The van der Waals surface area contributed by atoms with Crippen molar-refractivity contribution in [2.24, 2.45) is 5.92 Å². The third-order valence-corrected chi connectivity index (χ3v) is 3.13. The molecule has 1 N–H and O–H groups in total. The summed E-state index contributed by atoms with van der Waals surface area (Å²) in [5.41, 5.74) is 0. The van der Waals surface area contributed by atoms with Crippen LogP contribution < -0.4 is 5.32 Å². The molecule has 16 heavy (non-hydrogen) atoms. The Kier molecular flexibility index (Phi) is 7.01. The first-order valence-corrected chi connectivity index (χ1v) is 6.69. The molecule has 1 aliphatic rings. The van der Waals surface area contributed by atoms with E-state index < -0.39 is 0 Å². The standard InChI is InChI=1S/C13H28N2O/c1-12(2)11-16-9-5-8-15-7-4-6-13(10-15)14-3/h12-14H,4-11H2,1-3H3. The summed E-state index contributed by atoms with van der Waals surface area (Å²) in [6.07, 6.45) is 3.83. The monoisotopic (exact) mass is 228 g/mol. The van der Waals surface area contributed by atoms with Crippen LogP contribution in [-0.4, -0.2) is 50.8 Å². The van der Waals surface area contributed by atoms with E-state index in [1.807, 2.05) is 0 Å². The van der Waals surface area contributed by atoms with E-state index in [9.17, 15) is 0 Å². The second-order valence-electron chi connectivity index (χ2n) is 5.25. The van der Waals surface area contributed by atoms with E-state index >= 15 is 0 Å². The number of likely N-dealkylation sites (tertiary alicyclic amines) is 1. The number of hydrogen-bond donors (Lipinski definition) is 1. The van der Waals surface area contributed by atoms with Gasteiger partial charge in [0.15, 0.2) is 0 Å². The van der Waals surface area contributed by atoms with Crippen LogP contribution in [0.2, 0.25) is 0 Å². The summed E-state index contributed by atoms with van der Waals surface area (Å²) in [7, 11) is 2.07. The van der Waals surface area contributed by atoms with Crippen molar-refractivity contribution in [1.82, 2.24) is 10.2 Å². The Morgan fingerprint density at radius 3 is 2.94 bits per heavy atom. The fourth-order valence-electron chi connectivity index (χ4n) is 2.20. The molecule has 0 aromatic heterocycles. The Morgan fingerprint density at radius 2 is 2.25 bits per heavy atom. The molecule has 0 saturated carbocycles. The topological polar surface area (TPSA) is 24.5 Å². The van der Waals surface area contributed by atoms with Crippen molar-refractivity contribution in [2.75, 3.05) is 39.9 Å². The Balaban J connectivity index is 1.99. The number of piperidine rings is 1. The lowest BCUT2D eigenvalue weighted by atomic mass is 10.1. The van der Waals surface area contributed by atoms with Crippen molar-refractivity contribution in [1.29, 1.82) is 0 Å². The van der Waals surface area contributed by atoms with E-state index in [4.69, 9.17) is 4.74 Å². The first kappa shape index (κ1) is 13.9. The predicted molar refractivity (Wildman–Crippen MR) is 68.8 cm³/mol. The second-order valence-corrected chi connectivity index (χ2v) is 5.25. The molecule has 3 heteroatoms. The molecule has 0 aliphatic carbocycles. The molecule has 0 amide bonds. The maximum Gasteiger partial charge on any atom is 0.0489 e. The van der Waals surface area contributed by atoms with Gasteiger partial charge in [0.1, 0.15) is 0 Å². The molecule has 0 aromatic carbocycles. The molecule has 3 nitrogen and oxygen atoms in total. The average molecular weight is 228 g/mol. The van der Waals surface area contributed by atoms with E-state index in [1.165, 1.54) is 38.9 Å². The number of nitrogens with one attached hydrogen (secondary N) is 1. The Bertz CT molecular complexity index is 173. The Labute approximate surface area is 101 Å². The highest BCUT2D eigenvalue weighted by atomic mass is 16.5. The molecule has 1 aliphatic heterocycles. The lowest BCUT2D eigenvalue weighted by molar-refractivity contribution is 0.0945. The number of likely N-dealkylation sites (N-methyl/N-ethyl adjacent to an activating group) is 1. The fraction of sp³-hybridized carbons (Fsp3) is 1.00. The molecule has 1 saturated heterocycles. The summed E-state index contributed by atoms with van der Waals surface area (Å²) in [4.78, 5) is 2.56. The molecule has 0 bridgehead atoms. The zero-order valence-corrected chi connectivity index (χ0v) is 11.2. The minimum Gasteiger partial charge on any atom is -0.381 e. The maximum atomic E-state index is 5.60. The van der Waals surface area contributed by atoms with E-state index in [-0.39, 0.29) is 0 Å². The van der Waals surface area contributed by atoms with Gasteiger partial charge in [0.2, 0.25) is 0 Å². The van der Waals surface area contributed by atoms with Gasteiger partial charge in [-0.25, -0.2) is 0 Å². The van der Waals surface area contributed by atoms with Gasteiger partial charge in [0.05, 0.1) is 0 Å². The lowest BCUT2D eigenvalue weighted by Gasteiger charge is -2.32. The summed E-state index contributed by atoms with van der Waals surface area (Å²) in [5.74, 6) is 0.656. The van der Waals surface area contributed by atoms with E-state index in [2.05, 4.69) is 31.1 Å². The molecule has 1 atom stereocenters. The summed E-state index contributed by atoms with van der Waals surface area (Å²) < 4.78 is 5.60. The highest BCUT2D eigenvalue weighted by molar-refractivity contribution is 4.76. The third kappa shape index (κ3) is 5.83. The van der Waals surface area contributed by atoms with Crippen molar-refractivity contribution in [3.05, 3.63) is 0 Å². The van der Waals surface area contributed by atoms with Crippen molar-refractivity contribution < 1.29 is 4.74 Å². The van der Waals surface area contributed by atoms with E-state index in [1.54, 1.807) is 0 Å². The molecule has 96 valence electrons. The van der Waals surface area contributed by atoms with Gasteiger partial charge in [0, 0.05) is 32.3 Å². The molecular formula is C13H28N2O. The average Bonchev–Trinajstić information content (AvgIpc) is 2.28. The second kappa shape index (κ2) is 8.04. The minimum atomic E-state index is 0.656. The third-order valence-electron chi connectivity index (χ3n) is 3.13. The van der Waals surface area contributed by atoms with Crippen LogP contribution in [0.3, 0.4) is 0 Å². The van der Waals surface area contributed by atoms with Crippen molar-refractivity contribution in [3.63, 3.8) is 0 Å².